The van der Waals surface area contributed by atoms with Gasteiger partial charge in [-0.1, -0.05) is 61.7 Å². The summed E-state index contributed by atoms with van der Waals surface area (Å²) >= 11 is 0. The highest BCUT2D eigenvalue weighted by molar-refractivity contribution is 5.97. The molecule has 0 bridgehead atoms. The van der Waals surface area contributed by atoms with Crippen LogP contribution in [-0.4, -0.2) is 17.9 Å². The van der Waals surface area contributed by atoms with Crippen molar-refractivity contribution in [3.05, 3.63) is 66.0 Å². The summed E-state index contributed by atoms with van der Waals surface area (Å²) < 4.78 is 13.9. The standard InChI is InChI=1S/C22H25FN2O2/c23-18-13-7-8-14-19(18)24-22(27)20(15-16-9-3-1-4-10-16)25-21(26)17-11-5-2-6-12-17/h1,3-4,7-10,13-14,17,20H,2,5-6,11-12,15H2,(H,24,27)(H,25,26). The number of halogens is 1. The Kier molecular flexibility index (Phi) is 6.58. The molecule has 2 aromatic rings. The first-order chi connectivity index (χ1) is 13.1. The van der Waals surface area contributed by atoms with Crippen LogP contribution in [0.15, 0.2) is 54.6 Å². The van der Waals surface area contributed by atoms with Gasteiger partial charge in [-0.25, -0.2) is 4.39 Å². The van der Waals surface area contributed by atoms with Gasteiger partial charge in [0.05, 0.1) is 5.69 Å². The topological polar surface area (TPSA) is 58.2 Å². The number of hydrogen-bond acceptors (Lipinski definition) is 2. The lowest BCUT2D eigenvalue weighted by Gasteiger charge is -2.25. The Labute approximate surface area is 159 Å². The molecule has 4 nitrogen and oxygen atoms in total. The van der Waals surface area contributed by atoms with Gasteiger partial charge in [0.2, 0.25) is 11.8 Å². The van der Waals surface area contributed by atoms with E-state index in [0.717, 1.165) is 37.7 Å². The third-order valence-corrected chi connectivity index (χ3v) is 5.02. The molecule has 1 saturated carbocycles. The fourth-order valence-electron chi connectivity index (χ4n) is 3.50. The zero-order valence-electron chi connectivity index (χ0n) is 15.3. The van der Waals surface area contributed by atoms with E-state index < -0.39 is 17.8 Å². The van der Waals surface area contributed by atoms with Gasteiger partial charge in [-0.05, 0) is 30.5 Å². The molecule has 0 aromatic heterocycles. The Morgan fingerprint density at radius 2 is 1.63 bits per heavy atom. The average Bonchev–Trinajstić information content (AvgIpc) is 2.70. The zero-order chi connectivity index (χ0) is 19.1. The van der Waals surface area contributed by atoms with Crippen LogP contribution in [0.2, 0.25) is 0 Å². The fraction of sp³-hybridized carbons (Fsp3) is 0.364. The highest BCUT2D eigenvalue weighted by Gasteiger charge is 2.27. The van der Waals surface area contributed by atoms with Crippen LogP contribution in [0.4, 0.5) is 10.1 Å². The van der Waals surface area contributed by atoms with Gasteiger partial charge >= 0.3 is 0 Å². The summed E-state index contributed by atoms with van der Waals surface area (Å²) in [5.41, 5.74) is 1.06. The van der Waals surface area contributed by atoms with Crippen LogP contribution in [0.5, 0.6) is 0 Å². The van der Waals surface area contributed by atoms with Crippen molar-refractivity contribution in [2.24, 2.45) is 5.92 Å². The molecule has 1 aliphatic carbocycles. The minimum atomic E-state index is -0.749. The Hall–Kier alpha value is -2.69. The molecule has 0 heterocycles. The summed E-state index contributed by atoms with van der Waals surface area (Å²) in [7, 11) is 0. The van der Waals surface area contributed by atoms with E-state index >= 15 is 0 Å². The second-order valence-corrected chi connectivity index (χ2v) is 7.05. The van der Waals surface area contributed by atoms with Crippen LogP contribution >= 0.6 is 0 Å². The van der Waals surface area contributed by atoms with Crippen molar-refractivity contribution in [3.8, 4) is 0 Å². The van der Waals surface area contributed by atoms with E-state index in [0.29, 0.717) is 6.42 Å². The summed E-state index contributed by atoms with van der Waals surface area (Å²) in [5.74, 6) is -1.03. The molecule has 1 atom stereocenters. The van der Waals surface area contributed by atoms with Crippen LogP contribution in [0.25, 0.3) is 0 Å². The first-order valence-corrected chi connectivity index (χ1v) is 9.53. The highest BCUT2D eigenvalue weighted by Crippen LogP contribution is 2.24. The molecule has 1 fully saturated rings. The number of amides is 2. The van der Waals surface area contributed by atoms with E-state index in [-0.39, 0.29) is 17.5 Å². The van der Waals surface area contributed by atoms with Gasteiger partial charge in [0.25, 0.3) is 0 Å². The average molecular weight is 368 g/mol. The zero-order valence-corrected chi connectivity index (χ0v) is 15.3. The molecule has 27 heavy (non-hydrogen) atoms. The Balaban J connectivity index is 1.73. The predicted octanol–water partition coefficient (Wildman–Crippen LogP) is 4.07. The minimum Gasteiger partial charge on any atom is -0.344 e. The number of carbonyl (C=O) groups excluding carboxylic acids is 2. The van der Waals surface area contributed by atoms with E-state index in [1.165, 1.54) is 12.1 Å². The van der Waals surface area contributed by atoms with Gasteiger partial charge < -0.3 is 10.6 Å². The molecule has 1 unspecified atom stereocenters. The molecule has 0 saturated heterocycles. The second kappa shape index (κ2) is 9.31. The molecule has 0 radical (unpaired) electrons. The summed E-state index contributed by atoms with van der Waals surface area (Å²) in [6.45, 7) is 0. The molecule has 2 aromatic carbocycles. The second-order valence-electron chi connectivity index (χ2n) is 7.05. The van der Waals surface area contributed by atoms with Crippen molar-refractivity contribution < 1.29 is 14.0 Å². The number of rotatable bonds is 6. The van der Waals surface area contributed by atoms with E-state index in [9.17, 15) is 14.0 Å². The molecule has 1 aliphatic rings. The molecule has 5 heteroatoms. The lowest BCUT2D eigenvalue weighted by atomic mass is 9.88. The van der Waals surface area contributed by atoms with Crippen LogP contribution in [0.1, 0.15) is 37.7 Å². The smallest absolute Gasteiger partial charge is 0.247 e. The number of anilines is 1. The lowest BCUT2D eigenvalue weighted by molar-refractivity contribution is -0.130. The van der Waals surface area contributed by atoms with E-state index in [4.69, 9.17) is 0 Å². The summed E-state index contributed by atoms with van der Waals surface area (Å²) in [6.07, 6.45) is 5.33. The third kappa shape index (κ3) is 5.39. The van der Waals surface area contributed by atoms with Gasteiger partial charge in [-0.3, -0.25) is 9.59 Å². The SMILES string of the molecule is O=C(NC(Cc1ccccc1)C(=O)Nc1ccccc1F)C1CCCCC1. The largest absolute Gasteiger partial charge is 0.344 e. The van der Waals surface area contributed by atoms with Gasteiger partial charge in [0.1, 0.15) is 11.9 Å². The van der Waals surface area contributed by atoms with Crippen molar-refractivity contribution in [3.63, 3.8) is 0 Å². The molecule has 2 N–H and O–H groups in total. The van der Waals surface area contributed by atoms with Crippen LogP contribution < -0.4 is 10.6 Å². The molecule has 142 valence electrons. The Morgan fingerprint density at radius 1 is 0.963 bits per heavy atom. The lowest BCUT2D eigenvalue weighted by Crippen LogP contribution is -2.47. The fourth-order valence-corrected chi connectivity index (χ4v) is 3.50. The molecule has 0 aliphatic heterocycles. The van der Waals surface area contributed by atoms with Crippen molar-refractivity contribution in [2.45, 2.75) is 44.6 Å². The molecular weight excluding hydrogens is 343 g/mol. The summed E-state index contributed by atoms with van der Waals surface area (Å²) in [6, 6.07) is 14.8. The summed E-state index contributed by atoms with van der Waals surface area (Å²) in [4.78, 5) is 25.5. The van der Waals surface area contributed by atoms with Crippen molar-refractivity contribution in [2.75, 3.05) is 5.32 Å². The number of benzene rings is 2. The summed E-state index contributed by atoms with van der Waals surface area (Å²) in [5, 5.41) is 5.51. The Morgan fingerprint density at radius 3 is 2.33 bits per heavy atom. The van der Waals surface area contributed by atoms with Crippen molar-refractivity contribution in [1.82, 2.24) is 5.32 Å². The Bertz CT molecular complexity index is 773. The predicted molar refractivity (Wildman–Crippen MR) is 104 cm³/mol. The van der Waals surface area contributed by atoms with E-state index in [1.54, 1.807) is 12.1 Å². The van der Waals surface area contributed by atoms with Crippen LogP contribution in [-0.2, 0) is 16.0 Å². The first-order valence-electron chi connectivity index (χ1n) is 9.53. The number of hydrogen-bond donors (Lipinski definition) is 2. The highest BCUT2D eigenvalue weighted by atomic mass is 19.1. The molecular formula is C22H25FN2O2. The monoisotopic (exact) mass is 368 g/mol. The van der Waals surface area contributed by atoms with Gasteiger partial charge in [-0.2, -0.15) is 0 Å². The van der Waals surface area contributed by atoms with E-state index in [1.807, 2.05) is 30.3 Å². The molecule has 0 spiro atoms. The van der Waals surface area contributed by atoms with Gasteiger partial charge in [-0.15, -0.1) is 0 Å². The number of nitrogens with one attached hydrogen (secondary N) is 2. The van der Waals surface area contributed by atoms with E-state index in [2.05, 4.69) is 10.6 Å². The van der Waals surface area contributed by atoms with Crippen LogP contribution in [0, 0.1) is 11.7 Å². The van der Waals surface area contributed by atoms with Crippen molar-refractivity contribution in [1.29, 1.82) is 0 Å². The van der Waals surface area contributed by atoms with Crippen LogP contribution in [0.3, 0.4) is 0 Å². The number of carbonyl (C=O) groups is 2. The van der Waals surface area contributed by atoms with Crippen molar-refractivity contribution >= 4 is 17.5 Å². The maximum atomic E-state index is 13.9. The number of para-hydroxylation sites is 1. The minimum absolute atomic E-state index is 0.0433. The maximum absolute atomic E-state index is 13.9. The third-order valence-electron chi connectivity index (χ3n) is 5.02. The normalized spacial score (nSPS) is 15.7. The van der Waals surface area contributed by atoms with Gasteiger partial charge in [0.15, 0.2) is 0 Å². The first kappa shape index (κ1) is 19.1. The molecule has 2 amide bonds. The molecule has 3 rings (SSSR count). The quantitative estimate of drug-likeness (QED) is 0.807. The van der Waals surface area contributed by atoms with Gasteiger partial charge in [0, 0.05) is 12.3 Å². The maximum Gasteiger partial charge on any atom is 0.247 e.